The maximum Gasteiger partial charge on any atom is 0.146 e. The number of hydrogen-bond acceptors (Lipinski definition) is 2. The highest BCUT2D eigenvalue weighted by Gasteiger charge is 2.16. The van der Waals surface area contributed by atoms with E-state index in [0.717, 1.165) is 17.8 Å². The number of hydrogen-bond donors (Lipinski definition) is 1. The fourth-order valence-corrected chi connectivity index (χ4v) is 1.79. The third kappa shape index (κ3) is 4.09. The van der Waals surface area contributed by atoms with Gasteiger partial charge in [0.05, 0.1) is 12.2 Å². The standard InChI is InChI=1S/C15H20F2N2/c1-5-13(18-6-2)10-19(11(3)4)15-9-12(16)7-8-14(15)17/h5-9,11,18H,2,10H2,1,3-4H3/b13-5-. The fraction of sp³-hybridized carbons (Fsp3) is 0.333. The summed E-state index contributed by atoms with van der Waals surface area (Å²) in [6, 6.07) is 3.53. The van der Waals surface area contributed by atoms with Gasteiger partial charge >= 0.3 is 0 Å². The van der Waals surface area contributed by atoms with Gasteiger partial charge in [-0.25, -0.2) is 8.78 Å². The Hall–Kier alpha value is -1.84. The first kappa shape index (κ1) is 15.2. The predicted molar refractivity (Wildman–Crippen MR) is 75.9 cm³/mol. The second kappa shape index (κ2) is 6.92. The number of rotatable bonds is 6. The first-order valence-corrected chi connectivity index (χ1v) is 6.24. The Morgan fingerprint density at radius 1 is 1.42 bits per heavy atom. The molecule has 104 valence electrons. The van der Waals surface area contributed by atoms with E-state index in [-0.39, 0.29) is 11.7 Å². The van der Waals surface area contributed by atoms with Crippen LogP contribution in [0.2, 0.25) is 0 Å². The lowest BCUT2D eigenvalue weighted by molar-refractivity contribution is 0.584. The van der Waals surface area contributed by atoms with Crippen molar-refractivity contribution in [3.05, 3.63) is 54.4 Å². The summed E-state index contributed by atoms with van der Waals surface area (Å²) in [4.78, 5) is 1.80. The van der Waals surface area contributed by atoms with Gasteiger partial charge in [0.15, 0.2) is 0 Å². The van der Waals surface area contributed by atoms with Gasteiger partial charge in [0.25, 0.3) is 0 Å². The molecule has 0 aliphatic carbocycles. The molecule has 0 saturated carbocycles. The van der Waals surface area contributed by atoms with Crippen LogP contribution in [0, 0.1) is 11.6 Å². The third-order valence-corrected chi connectivity index (χ3v) is 2.82. The van der Waals surface area contributed by atoms with Crippen LogP contribution >= 0.6 is 0 Å². The number of allylic oxidation sites excluding steroid dienone is 1. The number of halogens is 2. The molecule has 0 fully saturated rings. The number of anilines is 1. The first-order chi connectivity index (χ1) is 8.99. The molecule has 0 aliphatic rings. The summed E-state index contributed by atoms with van der Waals surface area (Å²) in [5.41, 5.74) is 1.15. The zero-order valence-electron chi connectivity index (χ0n) is 11.6. The van der Waals surface area contributed by atoms with Crippen molar-refractivity contribution in [1.29, 1.82) is 0 Å². The summed E-state index contributed by atoms with van der Waals surface area (Å²) >= 11 is 0. The minimum absolute atomic E-state index is 0.0397. The van der Waals surface area contributed by atoms with E-state index in [1.807, 2.05) is 26.8 Å². The number of nitrogens with zero attached hydrogens (tertiary/aromatic N) is 1. The molecule has 0 amide bonds. The van der Waals surface area contributed by atoms with Crippen molar-refractivity contribution >= 4 is 5.69 Å². The molecule has 0 radical (unpaired) electrons. The van der Waals surface area contributed by atoms with E-state index >= 15 is 0 Å². The molecule has 1 rings (SSSR count). The summed E-state index contributed by atoms with van der Waals surface area (Å²) in [5, 5.41) is 2.99. The van der Waals surface area contributed by atoms with Crippen LogP contribution in [0.15, 0.2) is 42.8 Å². The zero-order valence-corrected chi connectivity index (χ0v) is 11.6. The van der Waals surface area contributed by atoms with E-state index in [2.05, 4.69) is 11.9 Å². The summed E-state index contributed by atoms with van der Waals surface area (Å²) in [6.07, 6.45) is 3.45. The zero-order chi connectivity index (χ0) is 14.4. The van der Waals surface area contributed by atoms with Crippen molar-refractivity contribution in [2.75, 3.05) is 11.4 Å². The molecule has 4 heteroatoms. The van der Waals surface area contributed by atoms with E-state index in [9.17, 15) is 8.78 Å². The van der Waals surface area contributed by atoms with Gasteiger partial charge in [-0.05, 0) is 39.1 Å². The summed E-state index contributed by atoms with van der Waals surface area (Å²) in [5.74, 6) is -0.870. The summed E-state index contributed by atoms with van der Waals surface area (Å²) < 4.78 is 27.2. The molecule has 0 saturated heterocycles. The van der Waals surface area contributed by atoms with Gasteiger partial charge in [-0.15, -0.1) is 0 Å². The summed E-state index contributed by atoms with van der Waals surface area (Å²) in [7, 11) is 0. The molecule has 0 aromatic heterocycles. The smallest absolute Gasteiger partial charge is 0.146 e. The van der Waals surface area contributed by atoms with Gasteiger partial charge in [-0.2, -0.15) is 0 Å². The minimum atomic E-state index is -0.444. The first-order valence-electron chi connectivity index (χ1n) is 6.24. The highest BCUT2D eigenvalue weighted by Crippen LogP contribution is 2.23. The Labute approximate surface area is 113 Å². The lowest BCUT2D eigenvalue weighted by Gasteiger charge is -2.30. The van der Waals surface area contributed by atoms with Crippen molar-refractivity contribution in [3.8, 4) is 0 Å². The quantitative estimate of drug-likeness (QED) is 0.842. The van der Waals surface area contributed by atoms with Crippen LogP contribution in [-0.2, 0) is 0 Å². The van der Waals surface area contributed by atoms with Crippen molar-refractivity contribution in [2.24, 2.45) is 0 Å². The van der Waals surface area contributed by atoms with Crippen LogP contribution < -0.4 is 10.2 Å². The SMILES string of the molecule is C=CN/C(=C\C)CN(c1cc(F)ccc1F)C(C)C. The molecule has 0 spiro atoms. The number of nitrogens with one attached hydrogen (secondary N) is 1. The Morgan fingerprint density at radius 2 is 2.11 bits per heavy atom. The maximum atomic E-state index is 13.9. The van der Waals surface area contributed by atoms with Crippen LogP contribution in [0.4, 0.5) is 14.5 Å². The lowest BCUT2D eigenvalue weighted by atomic mass is 10.2. The predicted octanol–water partition coefficient (Wildman–Crippen LogP) is 3.82. The molecule has 0 unspecified atom stereocenters. The van der Waals surface area contributed by atoms with Crippen LogP contribution in [-0.4, -0.2) is 12.6 Å². The van der Waals surface area contributed by atoms with Crippen molar-refractivity contribution in [2.45, 2.75) is 26.8 Å². The van der Waals surface area contributed by atoms with Gasteiger partial charge in [0.1, 0.15) is 11.6 Å². The monoisotopic (exact) mass is 266 g/mol. The van der Waals surface area contributed by atoms with Crippen molar-refractivity contribution in [1.82, 2.24) is 5.32 Å². The largest absolute Gasteiger partial charge is 0.364 e. The van der Waals surface area contributed by atoms with E-state index in [4.69, 9.17) is 0 Å². The van der Waals surface area contributed by atoms with Gasteiger partial charge < -0.3 is 10.2 Å². The Kier molecular flexibility index (Phi) is 5.55. The normalized spacial score (nSPS) is 11.6. The fourth-order valence-electron chi connectivity index (χ4n) is 1.79. The highest BCUT2D eigenvalue weighted by molar-refractivity contribution is 5.50. The second-order valence-electron chi connectivity index (χ2n) is 4.48. The average molecular weight is 266 g/mol. The average Bonchev–Trinajstić information content (AvgIpc) is 2.37. The summed E-state index contributed by atoms with van der Waals surface area (Å²) in [6.45, 7) is 9.81. The van der Waals surface area contributed by atoms with E-state index < -0.39 is 11.6 Å². The highest BCUT2D eigenvalue weighted by atomic mass is 19.1. The Balaban J connectivity index is 3.07. The molecule has 0 atom stereocenters. The topological polar surface area (TPSA) is 15.3 Å². The lowest BCUT2D eigenvalue weighted by Crippen LogP contribution is -2.35. The van der Waals surface area contributed by atoms with Gasteiger partial charge in [0, 0.05) is 17.8 Å². The molecule has 2 nitrogen and oxygen atoms in total. The maximum absolute atomic E-state index is 13.9. The Bertz CT molecular complexity index is 467. The molecule has 1 N–H and O–H groups in total. The molecule has 0 bridgehead atoms. The van der Waals surface area contributed by atoms with Crippen LogP contribution in [0.3, 0.4) is 0 Å². The third-order valence-electron chi connectivity index (χ3n) is 2.82. The van der Waals surface area contributed by atoms with Gasteiger partial charge in [0.2, 0.25) is 0 Å². The van der Waals surface area contributed by atoms with Gasteiger partial charge in [-0.3, -0.25) is 0 Å². The van der Waals surface area contributed by atoms with Crippen molar-refractivity contribution in [3.63, 3.8) is 0 Å². The molecule has 0 aliphatic heterocycles. The van der Waals surface area contributed by atoms with E-state index in [1.54, 1.807) is 11.1 Å². The second-order valence-corrected chi connectivity index (χ2v) is 4.48. The van der Waals surface area contributed by atoms with Gasteiger partial charge in [-0.1, -0.05) is 12.7 Å². The van der Waals surface area contributed by atoms with Crippen LogP contribution in [0.1, 0.15) is 20.8 Å². The van der Waals surface area contributed by atoms with Crippen LogP contribution in [0.25, 0.3) is 0 Å². The molecular weight excluding hydrogens is 246 g/mol. The molecule has 0 heterocycles. The van der Waals surface area contributed by atoms with E-state index in [1.165, 1.54) is 6.07 Å². The minimum Gasteiger partial charge on any atom is -0.364 e. The molecular formula is C15H20F2N2. The Morgan fingerprint density at radius 3 is 2.63 bits per heavy atom. The number of benzene rings is 1. The van der Waals surface area contributed by atoms with Crippen LogP contribution in [0.5, 0.6) is 0 Å². The molecule has 1 aromatic rings. The van der Waals surface area contributed by atoms with Crippen molar-refractivity contribution < 1.29 is 8.78 Å². The molecule has 19 heavy (non-hydrogen) atoms. The van der Waals surface area contributed by atoms with E-state index in [0.29, 0.717) is 6.54 Å². The molecule has 1 aromatic carbocycles.